The summed E-state index contributed by atoms with van der Waals surface area (Å²) in [5.74, 6) is 1.26. The number of methoxy groups -OCH3 is 1. The Morgan fingerprint density at radius 1 is 1.07 bits per heavy atom. The van der Waals surface area contributed by atoms with E-state index in [1.165, 1.54) is 4.80 Å². The molecule has 1 aliphatic rings. The van der Waals surface area contributed by atoms with E-state index in [0.29, 0.717) is 29.0 Å². The van der Waals surface area contributed by atoms with E-state index in [0.717, 1.165) is 37.3 Å². The molecule has 0 spiro atoms. The van der Waals surface area contributed by atoms with Crippen molar-refractivity contribution in [2.24, 2.45) is 7.05 Å². The molecular formula is C18H22N8O. The van der Waals surface area contributed by atoms with Crippen LogP contribution in [0.15, 0.2) is 30.5 Å². The van der Waals surface area contributed by atoms with Gasteiger partial charge in [0.05, 0.1) is 24.6 Å². The molecule has 0 aliphatic carbocycles. The monoisotopic (exact) mass is 366 g/mol. The molecule has 4 rings (SSSR count). The Hall–Kier alpha value is -3.07. The lowest BCUT2D eigenvalue weighted by molar-refractivity contribution is 0.400. The summed E-state index contributed by atoms with van der Waals surface area (Å²) in [7, 11) is 3.36. The maximum absolute atomic E-state index is 5.44. The molecule has 0 amide bonds. The third kappa shape index (κ3) is 3.87. The van der Waals surface area contributed by atoms with Gasteiger partial charge in [0.15, 0.2) is 0 Å². The van der Waals surface area contributed by atoms with E-state index in [1.54, 1.807) is 20.4 Å². The highest BCUT2D eigenvalue weighted by Gasteiger charge is 2.15. The van der Waals surface area contributed by atoms with Crippen molar-refractivity contribution >= 4 is 5.82 Å². The molecule has 140 valence electrons. The van der Waals surface area contributed by atoms with E-state index in [1.807, 2.05) is 24.3 Å². The second-order valence-electron chi connectivity index (χ2n) is 6.45. The van der Waals surface area contributed by atoms with Crippen LogP contribution in [0.2, 0.25) is 0 Å². The van der Waals surface area contributed by atoms with Crippen molar-refractivity contribution in [1.82, 2.24) is 35.5 Å². The molecule has 0 radical (unpaired) electrons. The maximum Gasteiger partial charge on any atom is 0.223 e. The van der Waals surface area contributed by atoms with Gasteiger partial charge in [-0.15, -0.1) is 10.2 Å². The predicted molar refractivity (Wildman–Crippen MR) is 101 cm³/mol. The Kier molecular flexibility index (Phi) is 4.93. The van der Waals surface area contributed by atoms with Crippen molar-refractivity contribution < 1.29 is 4.74 Å². The number of rotatable bonds is 5. The van der Waals surface area contributed by atoms with Crippen LogP contribution in [0.1, 0.15) is 12.8 Å². The average Bonchev–Trinajstić information content (AvgIpc) is 3.15. The highest BCUT2D eigenvalue weighted by atomic mass is 16.5. The van der Waals surface area contributed by atoms with E-state index in [9.17, 15) is 0 Å². The first-order chi connectivity index (χ1) is 13.2. The van der Waals surface area contributed by atoms with E-state index >= 15 is 0 Å². The SMILES string of the molecule is COc1nc(-c2ccc(NC3CCNCC3)nn2)ccc1-c1cnn(C)n1. The molecule has 1 aliphatic heterocycles. The molecule has 0 atom stereocenters. The van der Waals surface area contributed by atoms with Gasteiger partial charge in [-0.25, -0.2) is 4.98 Å². The highest BCUT2D eigenvalue weighted by molar-refractivity contribution is 5.68. The van der Waals surface area contributed by atoms with E-state index < -0.39 is 0 Å². The molecule has 1 fully saturated rings. The molecule has 0 aromatic carbocycles. The van der Waals surface area contributed by atoms with Crippen LogP contribution in [0.3, 0.4) is 0 Å². The zero-order valence-electron chi connectivity index (χ0n) is 15.4. The summed E-state index contributed by atoms with van der Waals surface area (Å²) in [6.07, 6.45) is 3.86. The van der Waals surface area contributed by atoms with Gasteiger partial charge in [0.2, 0.25) is 5.88 Å². The van der Waals surface area contributed by atoms with Crippen LogP contribution in [-0.2, 0) is 7.05 Å². The quantitative estimate of drug-likeness (QED) is 0.700. The van der Waals surface area contributed by atoms with Crippen molar-refractivity contribution in [2.45, 2.75) is 18.9 Å². The van der Waals surface area contributed by atoms with Gasteiger partial charge in [0.1, 0.15) is 17.2 Å². The molecule has 0 unspecified atom stereocenters. The van der Waals surface area contributed by atoms with Gasteiger partial charge in [-0.1, -0.05) is 0 Å². The van der Waals surface area contributed by atoms with Gasteiger partial charge >= 0.3 is 0 Å². The molecule has 1 saturated heterocycles. The lowest BCUT2D eigenvalue weighted by atomic mass is 10.1. The number of pyridine rings is 1. The Morgan fingerprint density at radius 2 is 1.89 bits per heavy atom. The van der Waals surface area contributed by atoms with Gasteiger partial charge in [0.25, 0.3) is 0 Å². The van der Waals surface area contributed by atoms with Crippen LogP contribution in [0.4, 0.5) is 5.82 Å². The van der Waals surface area contributed by atoms with Crippen LogP contribution in [0, 0.1) is 0 Å². The second kappa shape index (κ2) is 7.67. The topological polar surface area (TPSA) is 103 Å². The van der Waals surface area contributed by atoms with Gasteiger partial charge < -0.3 is 15.4 Å². The van der Waals surface area contributed by atoms with Crippen molar-refractivity contribution in [2.75, 3.05) is 25.5 Å². The average molecular weight is 366 g/mol. The summed E-state index contributed by atoms with van der Waals surface area (Å²) in [4.78, 5) is 6.06. The van der Waals surface area contributed by atoms with Crippen molar-refractivity contribution in [3.8, 4) is 28.5 Å². The zero-order valence-corrected chi connectivity index (χ0v) is 15.4. The van der Waals surface area contributed by atoms with E-state index in [2.05, 4.69) is 36.0 Å². The molecule has 3 aromatic rings. The number of aryl methyl sites for hydroxylation is 1. The minimum absolute atomic E-state index is 0.441. The van der Waals surface area contributed by atoms with Crippen molar-refractivity contribution in [1.29, 1.82) is 0 Å². The molecule has 0 saturated carbocycles. The normalized spacial score (nSPS) is 14.9. The van der Waals surface area contributed by atoms with E-state index in [4.69, 9.17) is 4.74 Å². The standard InChI is InChI=1S/C18H22N8O/c1-26-20-11-16(25-26)13-3-4-14(22-18(13)27-2)15-5-6-17(24-23-15)21-12-7-9-19-10-8-12/h3-6,11-12,19H,7-10H2,1-2H3,(H,21,24). The molecule has 2 N–H and O–H groups in total. The Balaban J connectivity index is 1.54. The Morgan fingerprint density at radius 3 is 2.56 bits per heavy atom. The number of nitrogens with one attached hydrogen (secondary N) is 2. The third-order valence-corrected chi connectivity index (χ3v) is 4.55. The lowest BCUT2D eigenvalue weighted by Crippen LogP contribution is -2.35. The van der Waals surface area contributed by atoms with E-state index in [-0.39, 0.29) is 0 Å². The molecule has 3 aromatic heterocycles. The minimum atomic E-state index is 0.441. The predicted octanol–water partition coefficient (Wildman–Crippen LogP) is 1.51. The second-order valence-corrected chi connectivity index (χ2v) is 6.45. The fourth-order valence-electron chi connectivity index (χ4n) is 3.12. The summed E-state index contributed by atoms with van der Waals surface area (Å²) in [5.41, 5.74) is 2.88. The van der Waals surface area contributed by atoms with Gasteiger partial charge in [-0.2, -0.15) is 15.0 Å². The first kappa shape index (κ1) is 17.3. The molecule has 4 heterocycles. The maximum atomic E-state index is 5.44. The number of hydrogen-bond donors (Lipinski definition) is 2. The number of piperidine rings is 1. The molecule has 9 heteroatoms. The third-order valence-electron chi connectivity index (χ3n) is 4.55. The smallest absolute Gasteiger partial charge is 0.223 e. The van der Waals surface area contributed by atoms with Gasteiger partial charge in [-0.3, -0.25) is 0 Å². The summed E-state index contributed by atoms with van der Waals surface area (Å²) in [6.45, 7) is 2.07. The van der Waals surface area contributed by atoms with Crippen LogP contribution in [0.5, 0.6) is 5.88 Å². The zero-order chi connectivity index (χ0) is 18.6. The minimum Gasteiger partial charge on any atom is -0.480 e. The van der Waals surface area contributed by atoms with Gasteiger partial charge in [-0.05, 0) is 50.2 Å². The summed E-state index contributed by atoms with van der Waals surface area (Å²) < 4.78 is 5.44. The lowest BCUT2D eigenvalue weighted by Gasteiger charge is -2.23. The number of hydrogen-bond acceptors (Lipinski definition) is 8. The molecular weight excluding hydrogens is 344 g/mol. The van der Waals surface area contributed by atoms with Gasteiger partial charge in [0, 0.05) is 13.1 Å². The van der Waals surface area contributed by atoms with Crippen LogP contribution >= 0.6 is 0 Å². The fourth-order valence-corrected chi connectivity index (χ4v) is 3.12. The largest absolute Gasteiger partial charge is 0.480 e. The summed E-state index contributed by atoms with van der Waals surface area (Å²) in [6, 6.07) is 8.09. The molecule has 9 nitrogen and oxygen atoms in total. The summed E-state index contributed by atoms with van der Waals surface area (Å²) in [5, 5.41) is 23.8. The van der Waals surface area contributed by atoms with Crippen molar-refractivity contribution in [3.63, 3.8) is 0 Å². The number of nitrogens with zero attached hydrogens (tertiary/aromatic N) is 6. The molecule has 0 bridgehead atoms. The first-order valence-corrected chi connectivity index (χ1v) is 8.96. The number of ether oxygens (including phenoxy) is 1. The van der Waals surface area contributed by atoms with Crippen LogP contribution in [-0.4, -0.2) is 56.4 Å². The summed E-state index contributed by atoms with van der Waals surface area (Å²) >= 11 is 0. The highest BCUT2D eigenvalue weighted by Crippen LogP contribution is 2.29. The van der Waals surface area contributed by atoms with Crippen molar-refractivity contribution in [3.05, 3.63) is 30.5 Å². The molecule has 27 heavy (non-hydrogen) atoms. The number of anilines is 1. The Bertz CT molecular complexity index is 902. The van der Waals surface area contributed by atoms with Crippen LogP contribution in [0.25, 0.3) is 22.6 Å². The Labute approximate surface area is 157 Å². The van der Waals surface area contributed by atoms with Crippen LogP contribution < -0.4 is 15.4 Å². The fraction of sp³-hybridized carbons (Fsp3) is 0.389. The number of aromatic nitrogens is 6. The first-order valence-electron chi connectivity index (χ1n) is 8.96.